The highest BCUT2D eigenvalue weighted by Crippen LogP contribution is 2.23. The van der Waals surface area contributed by atoms with Crippen LogP contribution in [0.3, 0.4) is 0 Å². The second-order valence-corrected chi connectivity index (χ2v) is 6.24. The van der Waals surface area contributed by atoms with Gasteiger partial charge in [0.25, 0.3) is 5.91 Å². The molecule has 0 aliphatic rings. The molecular weight excluding hydrogens is 385 g/mol. The lowest BCUT2D eigenvalue weighted by atomic mass is 10.3. The molecule has 9 heteroatoms. The first-order valence-electron chi connectivity index (χ1n) is 8.06. The van der Waals surface area contributed by atoms with Crippen molar-refractivity contribution in [1.29, 1.82) is 0 Å². The predicted molar refractivity (Wildman–Crippen MR) is 95.3 cm³/mol. The number of alkyl halides is 3. The highest BCUT2D eigenvalue weighted by Gasteiger charge is 2.30. The number of benzene rings is 2. The van der Waals surface area contributed by atoms with Crippen LogP contribution in [-0.4, -0.2) is 39.0 Å². The highest BCUT2D eigenvalue weighted by molar-refractivity contribution is 6.30. The zero-order chi connectivity index (χ0) is 19.9. The van der Waals surface area contributed by atoms with Crippen molar-refractivity contribution in [3.63, 3.8) is 0 Å². The van der Waals surface area contributed by atoms with E-state index in [0.29, 0.717) is 29.6 Å². The van der Waals surface area contributed by atoms with Crippen LogP contribution in [0.15, 0.2) is 48.5 Å². The molecule has 1 atom stereocenters. The Balaban J connectivity index is 1.72. The second kappa shape index (κ2) is 9.48. The topological polar surface area (TPSA) is 52.0 Å². The molecule has 2 rings (SSSR count). The third-order valence-corrected chi connectivity index (χ3v) is 3.70. The van der Waals surface area contributed by atoms with Gasteiger partial charge in [-0.3, -0.25) is 4.79 Å². The standard InChI is InChI=1S/C18H18ClF3N2O3/c1-24(10-11-26-15-6-2-13(19)3-7-15)12-17(25)23-14-4-8-16(9-5-14)27-18(20,21)22/h2-9H,10-12H2,1H3,(H,23,25)/p+1. The predicted octanol–water partition coefficient (Wildman–Crippen LogP) is 2.77. The molecule has 27 heavy (non-hydrogen) atoms. The summed E-state index contributed by atoms with van der Waals surface area (Å²) in [6, 6.07) is 11.9. The number of carbonyl (C=O) groups is 1. The molecular formula is C18H19ClF3N2O3+. The largest absolute Gasteiger partial charge is 0.573 e. The van der Waals surface area contributed by atoms with E-state index < -0.39 is 6.36 Å². The van der Waals surface area contributed by atoms with Crippen LogP contribution in [0.5, 0.6) is 11.5 Å². The summed E-state index contributed by atoms with van der Waals surface area (Å²) in [5.74, 6) is 0.0869. The summed E-state index contributed by atoms with van der Waals surface area (Å²) >= 11 is 5.80. The zero-order valence-electron chi connectivity index (χ0n) is 14.5. The van der Waals surface area contributed by atoms with Crippen molar-refractivity contribution in [3.8, 4) is 11.5 Å². The molecule has 0 saturated carbocycles. The average Bonchev–Trinajstić information content (AvgIpc) is 2.57. The van der Waals surface area contributed by atoms with Gasteiger partial charge in [-0.1, -0.05) is 11.6 Å². The third kappa shape index (κ3) is 8.19. The molecule has 2 aromatic carbocycles. The third-order valence-electron chi connectivity index (χ3n) is 3.45. The number of anilines is 1. The lowest BCUT2D eigenvalue weighted by molar-refractivity contribution is -0.871. The van der Waals surface area contributed by atoms with Gasteiger partial charge in [0.15, 0.2) is 6.54 Å². The fraction of sp³-hybridized carbons (Fsp3) is 0.278. The molecule has 0 fully saturated rings. The van der Waals surface area contributed by atoms with Crippen LogP contribution >= 0.6 is 11.6 Å². The van der Waals surface area contributed by atoms with Crippen molar-refractivity contribution in [3.05, 3.63) is 53.6 Å². The first-order valence-corrected chi connectivity index (χ1v) is 8.44. The molecule has 0 saturated heterocycles. The molecule has 0 aromatic heterocycles. The SMILES string of the molecule is C[NH+](CCOc1ccc(Cl)cc1)CC(=O)Nc1ccc(OC(F)(F)F)cc1. The van der Waals surface area contributed by atoms with E-state index in [0.717, 1.165) is 17.0 Å². The average molecular weight is 404 g/mol. The molecule has 0 heterocycles. The van der Waals surface area contributed by atoms with Crippen molar-refractivity contribution < 1.29 is 32.3 Å². The molecule has 0 aliphatic heterocycles. The molecule has 2 aromatic rings. The Morgan fingerprint density at radius 1 is 1.07 bits per heavy atom. The van der Waals surface area contributed by atoms with E-state index in [9.17, 15) is 18.0 Å². The van der Waals surface area contributed by atoms with Gasteiger partial charge in [0.2, 0.25) is 0 Å². The van der Waals surface area contributed by atoms with Crippen molar-refractivity contribution in [1.82, 2.24) is 0 Å². The number of ether oxygens (including phenoxy) is 2. The number of hydrogen-bond donors (Lipinski definition) is 2. The quantitative estimate of drug-likeness (QED) is 0.712. The Hall–Kier alpha value is -2.45. The van der Waals surface area contributed by atoms with E-state index in [1.807, 2.05) is 7.05 Å². The molecule has 0 aliphatic carbocycles. The van der Waals surface area contributed by atoms with Crippen LogP contribution in [0.4, 0.5) is 18.9 Å². The number of halogens is 4. The lowest BCUT2D eigenvalue weighted by Gasteiger charge is -2.15. The van der Waals surface area contributed by atoms with Gasteiger partial charge in [0.05, 0.1) is 7.05 Å². The Bertz CT molecular complexity index is 737. The summed E-state index contributed by atoms with van der Waals surface area (Å²) in [4.78, 5) is 12.9. The minimum Gasteiger partial charge on any atom is -0.488 e. The Kier molecular flexibility index (Phi) is 7.32. The molecule has 0 radical (unpaired) electrons. The molecule has 5 nitrogen and oxygen atoms in total. The number of hydrogen-bond acceptors (Lipinski definition) is 3. The lowest BCUT2D eigenvalue weighted by Crippen LogP contribution is -3.10. The maximum absolute atomic E-state index is 12.1. The fourth-order valence-corrected chi connectivity index (χ4v) is 2.31. The molecule has 0 spiro atoms. The summed E-state index contributed by atoms with van der Waals surface area (Å²) in [7, 11) is 1.84. The molecule has 146 valence electrons. The van der Waals surface area contributed by atoms with Gasteiger partial charge in [-0.25, -0.2) is 0 Å². The Morgan fingerprint density at radius 3 is 2.26 bits per heavy atom. The fourth-order valence-electron chi connectivity index (χ4n) is 2.18. The number of quaternary nitrogens is 1. The van der Waals surface area contributed by atoms with E-state index in [2.05, 4.69) is 10.1 Å². The smallest absolute Gasteiger partial charge is 0.488 e. The number of likely N-dealkylation sites (N-methyl/N-ethyl adjacent to an activating group) is 1. The number of rotatable bonds is 8. The van der Waals surface area contributed by atoms with Gasteiger partial charge >= 0.3 is 6.36 Å². The van der Waals surface area contributed by atoms with Crippen molar-refractivity contribution in [2.45, 2.75) is 6.36 Å². The van der Waals surface area contributed by atoms with E-state index in [1.165, 1.54) is 12.1 Å². The Labute approximate surface area is 159 Å². The molecule has 1 amide bonds. The van der Waals surface area contributed by atoms with Gasteiger partial charge in [-0.2, -0.15) is 0 Å². The van der Waals surface area contributed by atoms with Gasteiger partial charge in [0.1, 0.15) is 24.7 Å². The van der Waals surface area contributed by atoms with Gasteiger partial charge in [-0.05, 0) is 48.5 Å². The van der Waals surface area contributed by atoms with E-state index in [4.69, 9.17) is 16.3 Å². The van der Waals surface area contributed by atoms with E-state index >= 15 is 0 Å². The Morgan fingerprint density at radius 2 is 1.67 bits per heavy atom. The zero-order valence-corrected chi connectivity index (χ0v) is 15.2. The van der Waals surface area contributed by atoms with E-state index in [1.54, 1.807) is 24.3 Å². The van der Waals surface area contributed by atoms with Crippen LogP contribution in [0.2, 0.25) is 5.02 Å². The number of carbonyl (C=O) groups excluding carboxylic acids is 1. The summed E-state index contributed by atoms with van der Waals surface area (Å²) in [6.07, 6.45) is -4.75. The van der Waals surface area contributed by atoms with Crippen LogP contribution < -0.4 is 19.7 Å². The maximum atomic E-state index is 12.1. The molecule has 0 bridgehead atoms. The first-order chi connectivity index (χ1) is 12.7. The number of nitrogens with one attached hydrogen (secondary N) is 2. The number of amides is 1. The maximum Gasteiger partial charge on any atom is 0.573 e. The summed E-state index contributed by atoms with van der Waals surface area (Å²) in [6.45, 7) is 1.20. The van der Waals surface area contributed by atoms with E-state index in [-0.39, 0.29) is 18.2 Å². The minimum atomic E-state index is -4.75. The van der Waals surface area contributed by atoms with Crippen LogP contribution in [0.1, 0.15) is 0 Å². The second-order valence-electron chi connectivity index (χ2n) is 5.81. The molecule has 1 unspecified atom stereocenters. The molecule has 2 N–H and O–H groups in total. The summed E-state index contributed by atoms with van der Waals surface area (Å²) in [5, 5.41) is 3.25. The van der Waals surface area contributed by atoms with Crippen LogP contribution in [0.25, 0.3) is 0 Å². The van der Waals surface area contributed by atoms with Crippen LogP contribution in [0, 0.1) is 0 Å². The van der Waals surface area contributed by atoms with Crippen molar-refractivity contribution >= 4 is 23.2 Å². The van der Waals surface area contributed by atoms with Crippen molar-refractivity contribution in [2.75, 3.05) is 32.1 Å². The highest BCUT2D eigenvalue weighted by atomic mass is 35.5. The van der Waals surface area contributed by atoms with Gasteiger partial charge in [-0.15, -0.1) is 13.2 Å². The van der Waals surface area contributed by atoms with Gasteiger partial charge in [0, 0.05) is 10.7 Å². The van der Waals surface area contributed by atoms with Crippen molar-refractivity contribution in [2.24, 2.45) is 0 Å². The normalized spacial score (nSPS) is 12.3. The van der Waals surface area contributed by atoms with Crippen LogP contribution in [-0.2, 0) is 4.79 Å². The summed E-state index contributed by atoms with van der Waals surface area (Å²) in [5.41, 5.74) is 0.389. The van der Waals surface area contributed by atoms with Gasteiger partial charge < -0.3 is 19.7 Å². The summed E-state index contributed by atoms with van der Waals surface area (Å²) < 4.78 is 45.7. The minimum absolute atomic E-state index is 0.185. The monoisotopic (exact) mass is 403 g/mol. The first kappa shape index (κ1) is 20.9.